The number of carbonyl (C=O) groups is 2. The molecule has 1 N–H and O–H groups in total. The molecule has 6 nitrogen and oxygen atoms in total. The maximum Gasteiger partial charge on any atom is 0.279 e. The molecule has 1 heterocycles. The second kappa shape index (κ2) is 9.32. The molecule has 0 saturated carbocycles. The zero-order chi connectivity index (χ0) is 19.3. The van der Waals surface area contributed by atoms with Crippen LogP contribution in [0.4, 0.5) is 0 Å². The molecule has 0 spiro atoms. The van der Waals surface area contributed by atoms with Crippen LogP contribution in [0.3, 0.4) is 0 Å². The maximum absolute atomic E-state index is 12.4. The Morgan fingerprint density at radius 3 is 2.69 bits per heavy atom. The van der Waals surface area contributed by atoms with Gasteiger partial charge in [0.05, 0.1) is 10.0 Å². The number of carbonyl (C=O) groups excluding carboxylic acids is 2. The van der Waals surface area contributed by atoms with Gasteiger partial charge in [-0.15, -0.1) is 11.3 Å². The fraction of sp³-hybridized carbons (Fsp3) is 0.353. The highest BCUT2D eigenvalue weighted by molar-refractivity contribution is 7.07. The van der Waals surface area contributed by atoms with Crippen molar-refractivity contribution in [3.63, 3.8) is 0 Å². The Morgan fingerprint density at radius 2 is 2.04 bits per heavy atom. The molecule has 1 aromatic carbocycles. The van der Waals surface area contributed by atoms with Gasteiger partial charge in [-0.25, -0.2) is 0 Å². The molecule has 2 amide bonds. The molecule has 0 radical (unpaired) electrons. The lowest BCUT2D eigenvalue weighted by atomic mass is 10.2. The Bertz CT molecular complexity index is 860. The van der Waals surface area contributed by atoms with Gasteiger partial charge in [0.15, 0.2) is 4.80 Å². The van der Waals surface area contributed by atoms with Crippen molar-refractivity contribution in [2.45, 2.75) is 13.0 Å². The van der Waals surface area contributed by atoms with Gasteiger partial charge in [-0.2, -0.15) is 4.99 Å². The number of likely N-dealkylation sites (N-methyl/N-ethyl adjacent to an activating group) is 1. The highest BCUT2D eigenvalue weighted by atomic mass is 35.5. The van der Waals surface area contributed by atoms with E-state index in [0.29, 0.717) is 27.0 Å². The molecule has 1 aromatic heterocycles. The number of halogens is 2. The highest BCUT2D eigenvalue weighted by Gasteiger charge is 2.16. The number of nitrogens with zero attached hydrogens (tertiary/aromatic N) is 3. The number of hydrogen-bond donors (Lipinski definition) is 1. The van der Waals surface area contributed by atoms with E-state index in [1.165, 1.54) is 17.4 Å². The van der Waals surface area contributed by atoms with Crippen molar-refractivity contribution in [3.8, 4) is 0 Å². The zero-order valence-corrected chi connectivity index (χ0v) is 17.0. The largest absolute Gasteiger partial charge is 0.353 e. The van der Waals surface area contributed by atoms with E-state index in [9.17, 15) is 9.59 Å². The van der Waals surface area contributed by atoms with Gasteiger partial charge in [0.25, 0.3) is 5.91 Å². The predicted molar refractivity (Wildman–Crippen MR) is 105 cm³/mol. The third kappa shape index (κ3) is 5.41. The summed E-state index contributed by atoms with van der Waals surface area (Å²) in [5.41, 5.74) is 0.336. The molecule has 9 heteroatoms. The van der Waals surface area contributed by atoms with Crippen molar-refractivity contribution in [3.05, 3.63) is 50.2 Å². The summed E-state index contributed by atoms with van der Waals surface area (Å²) in [5.74, 6) is -0.575. The molecule has 0 aliphatic carbocycles. The molecule has 0 fully saturated rings. The predicted octanol–water partition coefficient (Wildman–Crippen LogP) is 2.84. The van der Waals surface area contributed by atoms with Gasteiger partial charge < -0.3 is 14.8 Å². The first-order valence-electron chi connectivity index (χ1n) is 7.91. The summed E-state index contributed by atoms with van der Waals surface area (Å²) < 4.78 is 1.67. The van der Waals surface area contributed by atoms with E-state index >= 15 is 0 Å². The Kier molecular flexibility index (Phi) is 7.40. The number of aromatic nitrogens is 1. The second-order valence-electron chi connectivity index (χ2n) is 5.91. The van der Waals surface area contributed by atoms with Crippen molar-refractivity contribution in [1.29, 1.82) is 0 Å². The van der Waals surface area contributed by atoms with Gasteiger partial charge in [-0.3, -0.25) is 9.59 Å². The molecule has 1 atom stereocenters. The van der Waals surface area contributed by atoms with Crippen LogP contribution in [0.25, 0.3) is 0 Å². The van der Waals surface area contributed by atoms with E-state index in [1.807, 2.05) is 19.0 Å². The topological polar surface area (TPSA) is 66.7 Å². The minimum atomic E-state index is -0.483. The lowest BCUT2D eigenvalue weighted by molar-refractivity contribution is -0.123. The minimum absolute atomic E-state index is 0.131. The molecule has 2 rings (SSSR count). The first kappa shape index (κ1) is 20.6. The van der Waals surface area contributed by atoms with Crippen LogP contribution in [0.5, 0.6) is 0 Å². The first-order valence-corrected chi connectivity index (χ1v) is 9.55. The van der Waals surface area contributed by atoms with Crippen LogP contribution in [0.15, 0.2) is 34.8 Å². The fourth-order valence-corrected chi connectivity index (χ4v) is 3.21. The first-order chi connectivity index (χ1) is 12.3. The molecular formula is C17H20Cl2N4O2S. The van der Waals surface area contributed by atoms with E-state index in [4.69, 9.17) is 23.2 Å². The molecule has 0 saturated heterocycles. The molecular weight excluding hydrogens is 395 g/mol. The summed E-state index contributed by atoms with van der Waals surface area (Å²) in [4.78, 5) is 31.2. The van der Waals surface area contributed by atoms with Crippen molar-refractivity contribution in [2.75, 3.05) is 27.2 Å². The quantitative estimate of drug-likeness (QED) is 0.789. The van der Waals surface area contributed by atoms with E-state index in [2.05, 4.69) is 10.3 Å². The van der Waals surface area contributed by atoms with Crippen molar-refractivity contribution >= 4 is 46.4 Å². The van der Waals surface area contributed by atoms with Crippen LogP contribution in [0.2, 0.25) is 10.0 Å². The van der Waals surface area contributed by atoms with Gasteiger partial charge in [-0.1, -0.05) is 23.2 Å². The third-order valence-electron chi connectivity index (χ3n) is 3.63. The molecule has 0 aliphatic rings. The van der Waals surface area contributed by atoms with Crippen LogP contribution < -0.4 is 10.1 Å². The number of nitrogens with one attached hydrogen (secondary N) is 1. The highest BCUT2D eigenvalue weighted by Crippen LogP contribution is 2.22. The lowest BCUT2D eigenvalue weighted by Crippen LogP contribution is -2.37. The lowest BCUT2D eigenvalue weighted by Gasteiger charge is -2.15. The second-order valence-corrected chi connectivity index (χ2v) is 7.60. The molecule has 0 bridgehead atoms. The van der Waals surface area contributed by atoms with Gasteiger partial charge in [0.2, 0.25) is 5.91 Å². The van der Waals surface area contributed by atoms with Crippen LogP contribution in [-0.2, 0) is 4.79 Å². The van der Waals surface area contributed by atoms with Crippen LogP contribution in [0.1, 0.15) is 23.3 Å². The van der Waals surface area contributed by atoms with Gasteiger partial charge in [-0.05, 0) is 39.2 Å². The number of benzene rings is 1. The summed E-state index contributed by atoms with van der Waals surface area (Å²) in [6.45, 7) is 3.07. The van der Waals surface area contributed by atoms with Crippen molar-refractivity contribution < 1.29 is 9.59 Å². The smallest absolute Gasteiger partial charge is 0.279 e. The summed E-state index contributed by atoms with van der Waals surface area (Å²) in [5, 5.41) is 5.32. The van der Waals surface area contributed by atoms with Gasteiger partial charge in [0.1, 0.15) is 6.04 Å². The van der Waals surface area contributed by atoms with Gasteiger partial charge >= 0.3 is 0 Å². The van der Waals surface area contributed by atoms with Crippen molar-refractivity contribution in [1.82, 2.24) is 14.8 Å². The van der Waals surface area contributed by atoms with E-state index in [1.54, 1.807) is 35.2 Å². The number of hydrogen-bond acceptors (Lipinski definition) is 4. The standard InChI is InChI=1S/C17H20Cl2N4O2S/c1-11(15(24)20-6-7-22(2)3)23-8-9-26-17(23)21-16(25)12-4-5-13(18)14(19)10-12/h4-5,8-11H,6-7H2,1-3H3,(H,20,24)/t11-/m1/s1. The van der Waals surface area contributed by atoms with Gasteiger partial charge in [0, 0.05) is 30.2 Å². The SMILES string of the molecule is C[C@H](C(=O)NCCN(C)C)n1ccsc1=NC(=O)c1ccc(Cl)c(Cl)c1. The zero-order valence-electron chi connectivity index (χ0n) is 14.7. The molecule has 26 heavy (non-hydrogen) atoms. The fourth-order valence-electron chi connectivity index (χ4n) is 2.12. The van der Waals surface area contributed by atoms with Crippen LogP contribution in [0, 0.1) is 0 Å². The molecule has 140 valence electrons. The average Bonchev–Trinajstić information content (AvgIpc) is 3.04. The van der Waals surface area contributed by atoms with Crippen LogP contribution in [-0.4, -0.2) is 48.5 Å². The molecule has 0 aliphatic heterocycles. The molecule has 0 unspecified atom stereocenters. The summed E-state index contributed by atoms with van der Waals surface area (Å²) in [7, 11) is 3.88. The summed E-state index contributed by atoms with van der Waals surface area (Å²) >= 11 is 13.1. The maximum atomic E-state index is 12.4. The Balaban J connectivity index is 2.18. The molecule has 2 aromatic rings. The summed E-state index contributed by atoms with van der Waals surface area (Å²) in [6, 6.07) is 4.11. The number of thiazole rings is 1. The number of amides is 2. The number of rotatable bonds is 6. The normalized spacial score (nSPS) is 13.1. The monoisotopic (exact) mass is 414 g/mol. The Labute approximate surface area is 166 Å². The Morgan fingerprint density at radius 1 is 1.31 bits per heavy atom. The average molecular weight is 415 g/mol. The van der Waals surface area contributed by atoms with Crippen molar-refractivity contribution in [2.24, 2.45) is 4.99 Å². The van der Waals surface area contributed by atoms with E-state index in [-0.39, 0.29) is 5.91 Å². The minimum Gasteiger partial charge on any atom is -0.353 e. The third-order valence-corrected chi connectivity index (χ3v) is 5.14. The Hall–Kier alpha value is -1.67. The van der Waals surface area contributed by atoms with Crippen LogP contribution >= 0.6 is 34.5 Å². The van der Waals surface area contributed by atoms with E-state index < -0.39 is 11.9 Å². The van der Waals surface area contributed by atoms with E-state index in [0.717, 1.165) is 6.54 Å². The summed E-state index contributed by atoms with van der Waals surface area (Å²) in [6.07, 6.45) is 1.74.